The van der Waals surface area contributed by atoms with Gasteiger partial charge in [-0.15, -0.1) is 11.3 Å². The van der Waals surface area contributed by atoms with Crippen molar-refractivity contribution in [1.29, 1.82) is 0 Å². The first-order valence-electron chi connectivity index (χ1n) is 17.8. The molecule has 0 spiro atoms. The van der Waals surface area contributed by atoms with Gasteiger partial charge in [-0.25, -0.2) is 0 Å². The van der Waals surface area contributed by atoms with Crippen LogP contribution in [0.1, 0.15) is 0 Å². The van der Waals surface area contributed by atoms with Gasteiger partial charge in [0.15, 0.2) is 0 Å². The van der Waals surface area contributed by atoms with Crippen molar-refractivity contribution in [2.45, 2.75) is 0 Å². The molecule has 10 aromatic rings. The van der Waals surface area contributed by atoms with Crippen LogP contribution in [0.5, 0.6) is 0 Å². The van der Waals surface area contributed by atoms with Crippen LogP contribution in [0.2, 0.25) is 0 Å². The van der Waals surface area contributed by atoms with E-state index in [1.165, 1.54) is 91.9 Å². The summed E-state index contributed by atoms with van der Waals surface area (Å²) in [6.45, 7) is 0. The van der Waals surface area contributed by atoms with E-state index in [-0.39, 0.29) is 0 Å². The molecule has 52 heavy (non-hydrogen) atoms. The van der Waals surface area contributed by atoms with Crippen molar-refractivity contribution in [3.8, 4) is 44.5 Å². The van der Waals surface area contributed by atoms with E-state index < -0.39 is 0 Å². The molecular weight excluding hydrogens is 647 g/mol. The van der Waals surface area contributed by atoms with Gasteiger partial charge < -0.3 is 4.90 Å². The van der Waals surface area contributed by atoms with Crippen LogP contribution in [0.15, 0.2) is 188 Å². The smallest absolute Gasteiger partial charge is 0.0547 e. The normalized spacial score (nSPS) is 11.8. The Kier molecular flexibility index (Phi) is 6.49. The van der Waals surface area contributed by atoms with Crippen LogP contribution in [0.3, 0.4) is 0 Å². The van der Waals surface area contributed by atoms with E-state index in [1.807, 2.05) is 11.3 Å². The number of fused-ring (bicyclic) bond motifs is 9. The highest BCUT2D eigenvalue weighted by Gasteiger charge is 2.25. The Morgan fingerprint density at radius 2 is 0.885 bits per heavy atom. The van der Waals surface area contributed by atoms with Crippen LogP contribution in [0.4, 0.5) is 17.1 Å². The lowest BCUT2D eigenvalue weighted by Gasteiger charge is -2.29. The van der Waals surface area contributed by atoms with Crippen molar-refractivity contribution in [3.05, 3.63) is 188 Å². The summed E-state index contributed by atoms with van der Waals surface area (Å²) in [4.78, 5) is 2.44. The zero-order valence-corrected chi connectivity index (χ0v) is 29.1. The van der Waals surface area contributed by atoms with Gasteiger partial charge in [-0.05, 0) is 133 Å². The van der Waals surface area contributed by atoms with Crippen LogP contribution >= 0.6 is 11.3 Å². The highest BCUT2D eigenvalue weighted by Crippen LogP contribution is 2.52. The highest BCUT2D eigenvalue weighted by atomic mass is 32.1. The number of hydrogen-bond acceptors (Lipinski definition) is 2. The number of thiophene rings is 1. The predicted molar refractivity (Wildman–Crippen MR) is 224 cm³/mol. The van der Waals surface area contributed by atoms with E-state index >= 15 is 0 Å². The Morgan fingerprint density at radius 1 is 0.308 bits per heavy atom. The summed E-state index contributed by atoms with van der Waals surface area (Å²) < 4.78 is 2.62. The molecule has 0 unspecified atom stereocenters. The fourth-order valence-electron chi connectivity index (χ4n) is 8.16. The summed E-state index contributed by atoms with van der Waals surface area (Å²) in [5, 5.41) is 7.64. The molecule has 0 amide bonds. The molecule has 1 nitrogen and oxygen atoms in total. The zero-order chi connectivity index (χ0) is 34.2. The summed E-state index contributed by atoms with van der Waals surface area (Å²) in [5.74, 6) is 0. The SMILES string of the molecule is c1ccc(-c2ccc3cc4c(cc3c2)-c2cc3cc(N(c5ccccc5)c5cc6c(cc5-c5ccccc5)sc5ccccc56)ccc3cc2-4)cc1. The van der Waals surface area contributed by atoms with E-state index in [9.17, 15) is 0 Å². The maximum Gasteiger partial charge on any atom is 0.0547 e. The third-order valence-electron chi connectivity index (χ3n) is 10.7. The largest absolute Gasteiger partial charge is 0.310 e. The lowest BCUT2D eigenvalue weighted by Crippen LogP contribution is -2.11. The van der Waals surface area contributed by atoms with Gasteiger partial charge in [-0.1, -0.05) is 115 Å². The standard InChI is InChI=1S/C50H31NS/c1-4-12-32(13-5-1)34-20-21-35-26-43-44-27-36-22-23-40(25-38(36)29-46(44)45(43)28-37(35)24-34)51(39-16-8-3-9-17-39)48-30-47-41-18-10-11-19-49(41)52-50(47)31-42(48)33-14-6-2-7-15-33/h1-31H. The quantitative estimate of drug-likeness (QED) is 0.175. The number of hydrogen-bond donors (Lipinski definition) is 0. The zero-order valence-electron chi connectivity index (χ0n) is 28.3. The van der Waals surface area contributed by atoms with Crippen LogP contribution in [0.25, 0.3) is 86.2 Å². The Morgan fingerprint density at radius 3 is 1.60 bits per heavy atom. The predicted octanol–water partition coefficient (Wildman–Crippen LogP) is 14.8. The van der Waals surface area contributed by atoms with Gasteiger partial charge in [-0.3, -0.25) is 0 Å². The Bertz CT molecular complexity index is 3000. The molecule has 0 saturated heterocycles. The number of anilines is 3. The fraction of sp³-hybridized carbons (Fsp3) is 0. The minimum atomic E-state index is 1.13. The first-order valence-corrected chi connectivity index (χ1v) is 18.6. The van der Waals surface area contributed by atoms with Gasteiger partial charge in [0.25, 0.3) is 0 Å². The van der Waals surface area contributed by atoms with Gasteiger partial charge in [0.2, 0.25) is 0 Å². The third kappa shape index (κ3) is 4.62. The molecule has 1 heterocycles. The Balaban J connectivity index is 1.08. The van der Waals surface area contributed by atoms with E-state index in [0.717, 1.165) is 11.4 Å². The molecule has 11 rings (SSSR count). The topological polar surface area (TPSA) is 3.24 Å². The minimum Gasteiger partial charge on any atom is -0.310 e. The van der Waals surface area contributed by atoms with Crippen molar-refractivity contribution in [1.82, 2.24) is 0 Å². The van der Waals surface area contributed by atoms with Crippen molar-refractivity contribution in [2.24, 2.45) is 0 Å². The van der Waals surface area contributed by atoms with Gasteiger partial charge >= 0.3 is 0 Å². The molecular formula is C50H31NS. The molecule has 9 aromatic carbocycles. The summed E-state index contributed by atoms with van der Waals surface area (Å²) in [7, 11) is 0. The van der Waals surface area contributed by atoms with E-state index in [1.54, 1.807) is 0 Å². The molecule has 0 fully saturated rings. The maximum absolute atomic E-state index is 2.44. The number of rotatable bonds is 5. The molecule has 1 aliphatic rings. The highest BCUT2D eigenvalue weighted by molar-refractivity contribution is 7.25. The van der Waals surface area contributed by atoms with Gasteiger partial charge in [0, 0.05) is 37.1 Å². The van der Waals surface area contributed by atoms with Crippen LogP contribution in [-0.4, -0.2) is 0 Å². The Hall–Kier alpha value is -6.48. The first-order chi connectivity index (χ1) is 25.7. The summed E-state index contributed by atoms with van der Waals surface area (Å²) >= 11 is 1.87. The molecule has 0 atom stereocenters. The van der Waals surface area contributed by atoms with E-state index in [4.69, 9.17) is 0 Å². The molecule has 2 heteroatoms. The van der Waals surface area contributed by atoms with Crippen molar-refractivity contribution in [3.63, 3.8) is 0 Å². The van der Waals surface area contributed by atoms with Gasteiger partial charge in [0.1, 0.15) is 0 Å². The second kappa shape index (κ2) is 11.5. The van der Waals surface area contributed by atoms with Gasteiger partial charge in [0.05, 0.1) is 5.69 Å². The van der Waals surface area contributed by atoms with E-state index in [2.05, 4.69) is 193 Å². The summed E-state index contributed by atoms with van der Waals surface area (Å²) in [6.07, 6.45) is 0. The first kappa shape index (κ1) is 29.3. The molecule has 0 saturated carbocycles. The monoisotopic (exact) mass is 677 g/mol. The van der Waals surface area contributed by atoms with Crippen LogP contribution < -0.4 is 4.90 Å². The Labute approximate surface area is 306 Å². The van der Waals surface area contributed by atoms with E-state index in [0.29, 0.717) is 0 Å². The number of benzene rings is 9. The van der Waals surface area contributed by atoms with Crippen LogP contribution in [-0.2, 0) is 0 Å². The number of nitrogens with zero attached hydrogens (tertiary/aromatic N) is 1. The second-order valence-corrected chi connectivity index (χ2v) is 14.8. The second-order valence-electron chi connectivity index (χ2n) is 13.8. The molecule has 0 aliphatic heterocycles. The van der Waals surface area contributed by atoms with Crippen molar-refractivity contribution >= 4 is 70.1 Å². The average Bonchev–Trinajstić information content (AvgIpc) is 3.58. The maximum atomic E-state index is 2.44. The lowest BCUT2D eigenvalue weighted by atomic mass is 9.77. The van der Waals surface area contributed by atoms with Crippen LogP contribution in [0, 0.1) is 0 Å². The summed E-state index contributed by atoms with van der Waals surface area (Å²) in [5.41, 5.74) is 13.7. The molecule has 1 aromatic heterocycles. The molecule has 0 N–H and O–H groups in total. The van der Waals surface area contributed by atoms with Gasteiger partial charge in [-0.2, -0.15) is 0 Å². The lowest BCUT2D eigenvalue weighted by molar-refractivity contribution is 1.29. The van der Waals surface area contributed by atoms with Crippen molar-refractivity contribution in [2.75, 3.05) is 4.90 Å². The molecule has 0 bridgehead atoms. The molecule has 0 radical (unpaired) electrons. The average molecular weight is 678 g/mol. The van der Waals surface area contributed by atoms with Crippen molar-refractivity contribution < 1.29 is 0 Å². The molecule has 242 valence electrons. The molecule has 1 aliphatic carbocycles. The third-order valence-corrected chi connectivity index (χ3v) is 11.9. The fourth-order valence-corrected chi connectivity index (χ4v) is 9.29. The minimum absolute atomic E-state index is 1.13. The summed E-state index contributed by atoms with van der Waals surface area (Å²) in [6, 6.07) is 69.2. The number of para-hydroxylation sites is 1.